The van der Waals surface area contributed by atoms with Gasteiger partial charge in [0.05, 0.1) is 16.4 Å². The summed E-state index contributed by atoms with van der Waals surface area (Å²) in [6.07, 6.45) is 1.51. The Hall–Kier alpha value is -1.57. The number of hydrogen-bond acceptors (Lipinski definition) is 4. The van der Waals surface area contributed by atoms with Crippen molar-refractivity contribution < 1.29 is 8.42 Å². The van der Waals surface area contributed by atoms with Crippen molar-refractivity contribution in [3.05, 3.63) is 35.1 Å². The number of nitrogens with two attached hydrogens (primary N) is 2. The zero-order valence-corrected chi connectivity index (χ0v) is 11.0. The average molecular weight is 287 g/mol. The second kappa shape index (κ2) is 4.27. The van der Waals surface area contributed by atoms with Crippen molar-refractivity contribution in [3.63, 3.8) is 0 Å². The van der Waals surface area contributed by atoms with Gasteiger partial charge in [0, 0.05) is 11.9 Å². The number of benzene rings is 1. The molecule has 0 amide bonds. The van der Waals surface area contributed by atoms with Crippen molar-refractivity contribution in [2.45, 2.75) is 11.8 Å². The van der Waals surface area contributed by atoms with Crippen LogP contribution < -0.4 is 10.9 Å². The van der Waals surface area contributed by atoms with Gasteiger partial charge < -0.3 is 5.73 Å². The SMILES string of the molecule is Cc1nn(-c2ccc(N)cc2S(N)(=O)=O)cc1Cl. The van der Waals surface area contributed by atoms with Crippen LogP contribution in [0.3, 0.4) is 0 Å². The number of sulfonamides is 1. The van der Waals surface area contributed by atoms with Crippen LogP contribution in [-0.4, -0.2) is 18.2 Å². The normalized spacial score (nSPS) is 11.7. The van der Waals surface area contributed by atoms with Gasteiger partial charge in [-0.3, -0.25) is 0 Å². The first-order valence-electron chi connectivity index (χ1n) is 4.93. The molecule has 0 aliphatic rings. The van der Waals surface area contributed by atoms with Crippen LogP contribution in [0.25, 0.3) is 5.69 Å². The monoisotopic (exact) mass is 286 g/mol. The molecule has 0 spiro atoms. The Bertz CT molecular complexity index is 689. The smallest absolute Gasteiger partial charge is 0.240 e. The molecule has 6 nitrogen and oxygen atoms in total. The number of aryl methyl sites for hydroxylation is 1. The summed E-state index contributed by atoms with van der Waals surface area (Å²) in [6.45, 7) is 1.72. The third-order valence-corrected chi connectivity index (χ3v) is 3.69. The maximum absolute atomic E-state index is 11.5. The Balaban J connectivity index is 2.72. The van der Waals surface area contributed by atoms with Gasteiger partial charge in [0.25, 0.3) is 0 Å². The Morgan fingerprint density at radius 1 is 1.39 bits per heavy atom. The van der Waals surface area contributed by atoms with Crippen molar-refractivity contribution >= 4 is 27.3 Å². The standard InChI is InChI=1S/C10H11ClN4O2S/c1-6-8(11)5-15(14-6)9-3-2-7(12)4-10(9)18(13,16)17/h2-5H,12H2,1H3,(H2,13,16,17). The summed E-state index contributed by atoms with van der Waals surface area (Å²) in [5.41, 5.74) is 6.76. The Morgan fingerprint density at radius 2 is 2.06 bits per heavy atom. The highest BCUT2D eigenvalue weighted by Crippen LogP contribution is 2.23. The molecule has 0 aliphatic carbocycles. The summed E-state index contributed by atoms with van der Waals surface area (Å²) in [4.78, 5) is -0.0957. The molecule has 0 radical (unpaired) electrons. The number of halogens is 1. The van der Waals surface area contributed by atoms with E-state index in [-0.39, 0.29) is 4.90 Å². The lowest BCUT2D eigenvalue weighted by Crippen LogP contribution is -2.16. The summed E-state index contributed by atoms with van der Waals surface area (Å²) < 4.78 is 24.4. The highest BCUT2D eigenvalue weighted by atomic mass is 35.5. The zero-order valence-electron chi connectivity index (χ0n) is 9.46. The van der Waals surface area contributed by atoms with E-state index in [0.29, 0.717) is 22.1 Å². The molecule has 0 fully saturated rings. The number of primary sulfonamides is 1. The predicted molar refractivity (Wildman–Crippen MR) is 69.1 cm³/mol. The second-order valence-electron chi connectivity index (χ2n) is 3.78. The van der Waals surface area contributed by atoms with E-state index in [1.165, 1.54) is 23.0 Å². The van der Waals surface area contributed by atoms with Crippen molar-refractivity contribution in [1.82, 2.24) is 9.78 Å². The fraction of sp³-hybridized carbons (Fsp3) is 0.100. The Labute approximate surface area is 109 Å². The van der Waals surface area contributed by atoms with Crippen LogP contribution in [0, 0.1) is 6.92 Å². The molecule has 0 atom stereocenters. The molecule has 0 bridgehead atoms. The first kappa shape index (κ1) is 12.9. The number of nitrogen functional groups attached to an aromatic ring is 1. The molecule has 0 aliphatic heterocycles. The summed E-state index contributed by atoms with van der Waals surface area (Å²) in [5, 5.41) is 9.70. The van der Waals surface area contributed by atoms with Gasteiger partial charge in [-0.05, 0) is 25.1 Å². The van der Waals surface area contributed by atoms with Crippen molar-refractivity contribution in [2.24, 2.45) is 5.14 Å². The average Bonchev–Trinajstić information content (AvgIpc) is 2.57. The first-order valence-corrected chi connectivity index (χ1v) is 6.86. The zero-order chi connectivity index (χ0) is 13.5. The van der Waals surface area contributed by atoms with Crippen LogP contribution in [0.4, 0.5) is 5.69 Å². The third kappa shape index (κ3) is 2.33. The van der Waals surface area contributed by atoms with Gasteiger partial charge in [0.1, 0.15) is 4.90 Å². The van der Waals surface area contributed by atoms with Crippen LogP contribution in [-0.2, 0) is 10.0 Å². The van der Waals surface area contributed by atoms with E-state index in [0.717, 1.165) is 0 Å². The summed E-state index contributed by atoms with van der Waals surface area (Å²) in [6, 6.07) is 4.38. The topological polar surface area (TPSA) is 104 Å². The number of hydrogen-bond donors (Lipinski definition) is 2. The Kier molecular flexibility index (Phi) is 3.05. The minimum absolute atomic E-state index is 0.0957. The highest BCUT2D eigenvalue weighted by Gasteiger charge is 2.17. The fourth-order valence-electron chi connectivity index (χ4n) is 1.51. The molecule has 0 saturated carbocycles. The van der Waals surface area contributed by atoms with E-state index >= 15 is 0 Å². The summed E-state index contributed by atoms with van der Waals surface area (Å²) in [5.74, 6) is 0. The maximum Gasteiger partial charge on any atom is 0.240 e. The van der Waals surface area contributed by atoms with Gasteiger partial charge in [-0.25, -0.2) is 18.2 Å². The van der Waals surface area contributed by atoms with Crippen molar-refractivity contribution in [1.29, 1.82) is 0 Å². The molecule has 1 aromatic heterocycles. The van der Waals surface area contributed by atoms with E-state index in [9.17, 15) is 8.42 Å². The lowest BCUT2D eigenvalue weighted by Gasteiger charge is -2.08. The van der Waals surface area contributed by atoms with E-state index in [1.807, 2.05) is 0 Å². The fourth-order valence-corrected chi connectivity index (χ4v) is 2.39. The molecule has 96 valence electrons. The number of rotatable bonds is 2. The minimum Gasteiger partial charge on any atom is -0.399 e. The van der Waals surface area contributed by atoms with Crippen LogP contribution in [0.15, 0.2) is 29.3 Å². The molecular formula is C10H11ClN4O2S. The van der Waals surface area contributed by atoms with Crippen LogP contribution in [0.1, 0.15) is 5.69 Å². The van der Waals surface area contributed by atoms with Gasteiger partial charge >= 0.3 is 0 Å². The molecule has 2 aromatic rings. The maximum atomic E-state index is 11.5. The van der Waals surface area contributed by atoms with E-state index in [1.54, 1.807) is 13.0 Å². The minimum atomic E-state index is -3.89. The lowest BCUT2D eigenvalue weighted by atomic mass is 10.3. The Morgan fingerprint density at radius 3 is 2.56 bits per heavy atom. The van der Waals surface area contributed by atoms with Gasteiger partial charge in [0.15, 0.2) is 0 Å². The van der Waals surface area contributed by atoms with Crippen molar-refractivity contribution in [2.75, 3.05) is 5.73 Å². The van der Waals surface area contributed by atoms with Gasteiger partial charge in [0.2, 0.25) is 10.0 Å². The molecule has 1 heterocycles. The highest BCUT2D eigenvalue weighted by molar-refractivity contribution is 7.89. The van der Waals surface area contributed by atoms with Crippen molar-refractivity contribution in [3.8, 4) is 5.69 Å². The molecule has 18 heavy (non-hydrogen) atoms. The van der Waals surface area contributed by atoms with E-state index < -0.39 is 10.0 Å². The number of aromatic nitrogens is 2. The third-order valence-electron chi connectivity index (χ3n) is 2.38. The summed E-state index contributed by atoms with van der Waals surface area (Å²) in [7, 11) is -3.89. The van der Waals surface area contributed by atoms with Crippen LogP contribution >= 0.6 is 11.6 Å². The molecule has 4 N–H and O–H groups in total. The molecular weight excluding hydrogens is 276 g/mol. The van der Waals surface area contributed by atoms with Crippen LogP contribution in [0.2, 0.25) is 5.02 Å². The molecule has 8 heteroatoms. The molecule has 1 aromatic carbocycles. The number of anilines is 1. The van der Waals surface area contributed by atoms with Gasteiger partial charge in [-0.1, -0.05) is 11.6 Å². The van der Waals surface area contributed by atoms with E-state index in [4.69, 9.17) is 22.5 Å². The number of nitrogens with zero attached hydrogens (tertiary/aromatic N) is 2. The molecule has 2 rings (SSSR count). The summed E-state index contributed by atoms with van der Waals surface area (Å²) >= 11 is 5.89. The first-order chi connectivity index (χ1) is 8.29. The van der Waals surface area contributed by atoms with Crippen LogP contribution in [0.5, 0.6) is 0 Å². The van der Waals surface area contributed by atoms with Gasteiger partial charge in [-0.15, -0.1) is 0 Å². The van der Waals surface area contributed by atoms with E-state index in [2.05, 4.69) is 5.10 Å². The molecule has 0 saturated heterocycles. The van der Waals surface area contributed by atoms with Gasteiger partial charge in [-0.2, -0.15) is 5.10 Å². The second-order valence-corrected chi connectivity index (χ2v) is 5.72. The quantitative estimate of drug-likeness (QED) is 0.806. The predicted octanol–water partition coefficient (Wildman–Crippen LogP) is 1.06. The largest absolute Gasteiger partial charge is 0.399 e. The lowest BCUT2D eigenvalue weighted by molar-refractivity contribution is 0.596. The molecule has 0 unspecified atom stereocenters.